The zero-order valence-electron chi connectivity index (χ0n) is 12.2. The zero-order valence-corrected chi connectivity index (χ0v) is 12.2. The molecule has 1 aliphatic rings. The van der Waals surface area contributed by atoms with Crippen molar-refractivity contribution >= 4 is 11.6 Å². The fourth-order valence-corrected chi connectivity index (χ4v) is 2.13. The summed E-state index contributed by atoms with van der Waals surface area (Å²) in [7, 11) is 0. The SMILES string of the molecule is CCc1cccc(NC(N)=NCc2cnc(C3CC3)o2)c1. The van der Waals surface area contributed by atoms with Crippen LogP contribution in [0.4, 0.5) is 5.69 Å². The van der Waals surface area contributed by atoms with Crippen molar-refractivity contribution in [3.05, 3.63) is 47.7 Å². The number of hydrogen-bond acceptors (Lipinski definition) is 3. The summed E-state index contributed by atoms with van der Waals surface area (Å²) in [5, 5.41) is 3.09. The Labute approximate surface area is 124 Å². The van der Waals surface area contributed by atoms with Gasteiger partial charge in [0.1, 0.15) is 12.3 Å². The molecule has 0 unspecified atom stereocenters. The fourth-order valence-electron chi connectivity index (χ4n) is 2.13. The van der Waals surface area contributed by atoms with E-state index in [1.54, 1.807) is 6.20 Å². The largest absolute Gasteiger partial charge is 0.443 e. The number of oxazole rings is 1. The normalized spacial score (nSPS) is 15.2. The smallest absolute Gasteiger partial charge is 0.197 e. The van der Waals surface area contributed by atoms with Gasteiger partial charge in [-0.2, -0.15) is 0 Å². The highest BCUT2D eigenvalue weighted by Crippen LogP contribution is 2.39. The number of aryl methyl sites for hydroxylation is 1. The van der Waals surface area contributed by atoms with Gasteiger partial charge in [0.05, 0.1) is 6.20 Å². The molecular weight excluding hydrogens is 264 g/mol. The van der Waals surface area contributed by atoms with E-state index < -0.39 is 0 Å². The quantitative estimate of drug-likeness (QED) is 0.653. The lowest BCUT2D eigenvalue weighted by Crippen LogP contribution is -2.22. The molecule has 0 saturated heterocycles. The molecule has 1 aliphatic carbocycles. The lowest BCUT2D eigenvalue weighted by atomic mass is 10.1. The molecule has 0 bridgehead atoms. The molecule has 0 aliphatic heterocycles. The molecule has 2 aromatic rings. The molecule has 0 amide bonds. The van der Waals surface area contributed by atoms with Gasteiger partial charge in [-0.3, -0.25) is 0 Å². The number of nitrogens with zero attached hydrogens (tertiary/aromatic N) is 2. The van der Waals surface area contributed by atoms with Crippen LogP contribution < -0.4 is 11.1 Å². The minimum Gasteiger partial charge on any atom is -0.443 e. The van der Waals surface area contributed by atoms with Gasteiger partial charge in [0.15, 0.2) is 11.9 Å². The third-order valence-corrected chi connectivity index (χ3v) is 3.51. The van der Waals surface area contributed by atoms with Gasteiger partial charge in [0.2, 0.25) is 0 Å². The van der Waals surface area contributed by atoms with E-state index in [-0.39, 0.29) is 0 Å². The number of benzene rings is 1. The maximum absolute atomic E-state index is 5.90. The summed E-state index contributed by atoms with van der Waals surface area (Å²) in [6.07, 6.45) is 5.10. The van der Waals surface area contributed by atoms with Crippen LogP contribution in [0.25, 0.3) is 0 Å². The first-order valence-corrected chi connectivity index (χ1v) is 7.35. The predicted octanol–water partition coefficient (Wildman–Crippen LogP) is 3.04. The number of anilines is 1. The highest BCUT2D eigenvalue weighted by atomic mass is 16.4. The van der Waals surface area contributed by atoms with Gasteiger partial charge in [-0.1, -0.05) is 19.1 Å². The highest BCUT2D eigenvalue weighted by molar-refractivity contribution is 5.92. The van der Waals surface area contributed by atoms with E-state index in [1.165, 1.54) is 18.4 Å². The second-order valence-electron chi connectivity index (χ2n) is 5.32. The van der Waals surface area contributed by atoms with E-state index in [0.29, 0.717) is 18.4 Å². The first kappa shape index (κ1) is 13.7. The molecular formula is C16H20N4O. The lowest BCUT2D eigenvalue weighted by molar-refractivity contribution is 0.458. The van der Waals surface area contributed by atoms with E-state index in [9.17, 15) is 0 Å². The number of nitrogens with one attached hydrogen (secondary N) is 1. The Hall–Kier alpha value is -2.30. The molecule has 5 heteroatoms. The van der Waals surface area contributed by atoms with Crippen LogP contribution in [-0.4, -0.2) is 10.9 Å². The van der Waals surface area contributed by atoms with Crippen molar-refractivity contribution in [2.45, 2.75) is 38.6 Å². The van der Waals surface area contributed by atoms with Crippen LogP contribution in [0, 0.1) is 0 Å². The average Bonchev–Trinajstić information content (AvgIpc) is 3.24. The molecule has 1 fully saturated rings. The number of rotatable bonds is 5. The number of nitrogens with two attached hydrogens (primary N) is 1. The van der Waals surface area contributed by atoms with Gasteiger partial charge in [-0.05, 0) is 37.0 Å². The third kappa shape index (κ3) is 3.62. The minimum atomic E-state index is 0.382. The molecule has 0 spiro atoms. The van der Waals surface area contributed by atoms with Crippen molar-refractivity contribution in [1.29, 1.82) is 0 Å². The molecule has 110 valence electrons. The molecule has 3 N–H and O–H groups in total. The van der Waals surface area contributed by atoms with Crippen LogP contribution in [0.15, 0.2) is 39.9 Å². The van der Waals surface area contributed by atoms with Gasteiger partial charge < -0.3 is 15.5 Å². The molecule has 1 aromatic heterocycles. The fraction of sp³-hybridized carbons (Fsp3) is 0.375. The van der Waals surface area contributed by atoms with E-state index in [0.717, 1.165) is 23.8 Å². The standard InChI is InChI=1S/C16H20N4O/c1-2-11-4-3-5-13(8-11)20-16(17)19-10-14-9-18-15(21-14)12-6-7-12/h3-5,8-9,12H,2,6-7,10H2,1H3,(H3,17,19,20). The Morgan fingerprint density at radius 2 is 2.33 bits per heavy atom. The van der Waals surface area contributed by atoms with Crippen LogP contribution >= 0.6 is 0 Å². The number of guanidine groups is 1. The van der Waals surface area contributed by atoms with Crippen LogP contribution in [0.5, 0.6) is 0 Å². The molecule has 0 radical (unpaired) electrons. The van der Waals surface area contributed by atoms with Crippen LogP contribution in [0.2, 0.25) is 0 Å². The van der Waals surface area contributed by atoms with Crippen LogP contribution in [0.3, 0.4) is 0 Å². The maximum Gasteiger partial charge on any atom is 0.197 e. The van der Waals surface area contributed by atoms with E-state index >= 15 is 0 Å². The van der Waals surface area contributed by atoms with Crippen molar-refractivity contribution in [2.24, 2.45) is 10.7 Å². The summed E-state index contributed by atoms with van der Waals surface area (Å²) < 4.78 is 5.64. The second-order valence-corrected chi connectivity index (χ2v) is 5.32. The van der Waals surface area contributed by atoms with Crippen molar-refractivity contribution < 1.29 is 4.42 Å². The molecule has 5 nitrogen and oxygen atoms in total. The first-order valence-electron chi connectivity index (χ1n) is 7.35. The van der Waals surface area contributed by atoms with Gasteiger partial charge in [0.25, 0.3) is 0 Å². The molecule has 21 heavy (non-hydrogen) atoms. The topological polar surface area (TPSA) is 76.4 Å². The van der Waals surface area contributed by atoms with Crippen molar-refractivity contribution in [3.63, 3.8) is 0 Å². The Balaban J connectivity index is 1.59. The average molecular weight is 284 g/mol. The van der Waals surface area contributed by atoms with Gasteiger partial charge in [-0.15, -0.1) is 0 Å². The van der Waals surface area contributed by atoms with E-state index in [2.05, 4.69) is 34.3 Å². The Morgan fingerprint density at radius 1 is 1.48 bits per heavy atom. The number of hydrogen-bond donors (Lipinski definition) is 2. The summed E-state index contributed by atoms with van der Waals surface area (Å²) in [5.41, 5.74) is 8.11. The van der Waals surface area contributed by atoms with Gasteiger partial charge >= 0.3 is 0 Å². The highest BCUT2D eigenvalue weighted by Gasteiger charge is 2.28. The summed E-state index contributed by atoms with van der Waals surface area (Å²) in [4.78, 5) is 8.55. The lowest BCUT2D eigenvalue weighted by Gasteiger charge is -2.06. The summed E-state index contributed by atoms with van der Waals surface area (Å²) in [6, 6.07) is 8.14. The molecule has 1 heterocycles. The van der Waals surface area contributed by atoms with E-state index in [4.69, 9.17) is 10.2 Å². The summed E-state index contributed by atoms with van der Waals surface area (Å²) in [5.74, 6) is 2.49. The van der Waals surface area contributed by atoms with Gasteiger partial charge in [-0.25, -0.2) is 9.98 Å². The summed E-state index contributed by atoms with van der Waals surface area (Å²) >= 11 is 0. The zero-order chi connectivity index (χ0) is 14.7. The Kier molecular flexibility index (Phi) is 3.90. The van der Waals surface area contributed by atoms with Crippen LogP contribution in [-0.2, 0) is 13.0 Å². The van der Waals surface area contributed by atoms with Crippen molar-refractivity contribution in [2.75, 3.05) is 5.32 Å². The molecule has 1 saturated carbocycles. The van der Waals surface area contributed by atoms with Gasteiger partial charge in [0, 0.05) is 11.6 Å². The second kappa shape index (κ2) is 5.99. The molecule has 1 aromatic carbocycles. The monoisotopic (exact) mass is 284 g/mol. The van der Waals surface area contributed by atoms with Crippen LogP contribution in [0.1, 0.15) is 42.9 Å². The molecule has 3 rings (SSSR count). The Morgan fingerprint density at radius 3 is 3.10 bits per heavy atom. The summed E-state index contributed by atoms with van der Waals surface area (Å²) in [6.45, 7) is 2.53. The first-order chi connectivity index (χ1) is 10.2. The predicted molar refractivity (Wildman–Crippen MR) is 83.2 cm³/mol. The number of aromatic nitrogens is 1. The third-order valence-electron chi connectivity index (χ3n) is 3.51. The van der Waals surface area contributed by atoms with Crippen molar-refractivity contribution in [1.82, 2.24) is 4.98 Å². The minimum absolute atomic E-state index is 0.382. The van der Waals surface area contributed by atoms with E-state index in [1.807, 2.05) is 12.1 Å². The van der Waals surface area contributed by atoms with Crippen molar-refractivity contribution in [3.8, 4) is 0 Å². The Bertz CT molecular complexity index is 643. The number of aliphatic imine (C=N–C) groups is 1. The maximum atomic E-state index is 5.90. The molecule has 0 atom stereocenters.